The van der Waals surface area contributed by atoms with Gasteiger partial charge in [-0.05, 0) is 22.3 Å². The van der Waals surface area contributed by atoms with E-state index in [9.17, 15) is 24.3 Å². The lowest BCUT2D eigenvalue weighted by Gasteiger charge is -2.34. The predicted molar refractivity (Wildman–Crippen MR) is 118 cm³/mol. The number of aliphatic carboxylic acids is 1. The van der Waals surface area contributed by atoms with E-state index in [-0.39, 0.29) is 31.5 Å². The van der Waals surface area contributed by atoms with Crippen molar-refractivity contribution in [1.82, 2.24) is 15.1 Å². The summed E-state index contributed by atoms with van der Waals surface area (Å²) >= 11 is 0. The van der Waals surface area contributed by atoms with Crippen LogP contribution in [-0.4, -0.2) is 78.1 Å². The molecule has 2 aromatic carbocycles. The minimum Gasteiger partial charge on any atom is -0.481 e. The molecule has 9 nitrogen and oxygen atoms in total. The maximum atomic E-state index is 12.8. The van der Waals surface area contributed by atoms with Gasteiger partial charge in [0.25, 0.3) is 0 Å². The molecule has 0 saturated carbocycles. The molecule has 172 valence electrons. The van der Waals surface area contributed by atoms with Gasteiger partial charge in [-0.3, -0.25) is 14.4 Å². The number of likely N-dealkylation sites (N-methyl/N-ethyl adjacent to an activating group) is 1. The Morgan fingerprint density at radius 2 is 1.67 bits per heavy atom. The van der Waals surface area contributed by atoms with E-state index in [1.54, 1.807) is 7.05 Å². The van der Waals surface area contributed by atoms with E-state index in [0.29, 0.717) is 6.54 Å². The molecule has 0 spiro atoms. The van der Waals surface area contributed by atoms with Crippen molar-refractivity contribution in [3.63, 3.8) is 0 Å². The molecule has 0 radical (unpaired) electrons. The molecule has 1 heterocycles. The third-order valence-corrected chi connectivity index (χ3v) is 6.08. The molecule has 4 rings (SSSR count). The van der Waals surface area contributed by atoms with Crippen molar-refractivity contribution in [2.24, 2.45) is 0 Å². The molecule has 1 aliphatic heterocycles. The summed E-state index contributed by atoms with van der Waals surface area (Å²) in [6.45, 7) is 0.498. The van der Waals surface area contributed by atoms with Gasteiger partial charge in [-0.2, -0.15) is 0 Å². The number of hydrogen-bond acceptors (Lipinski definition) is 5. The van der Waals surface area contributed by atoms with Crippen molar-refractivity contribution in [3.05, 3.63) is 59.7 Å². The lowest BCUT2D eigenvalue weighted by Crippen LogP contribution is -2.56. The van der Waals surface area contributed by atoms with Gasteiger partial charge in [-0.15, -0.1) is 0 Å². The summed E-state index contributed by atoms with van der Waals surface area (Å²) in [5, 5.41) is 11.6. The second-order valence-electron chi connectivity index (χ2n) is 8.20. The molecule has 2 N–H and O–H groups in total. The number of hydrogen-bond donors (Lipinski definition) is 2. The molecule has 2 aliphatic rings. The van der Waals surface area contributed by atoms with Gasteiger partial charge < -0.3 is 25.0 Å². The molecule has 1 saturated heterocycles. The van der Waals surface area contributed by atoms with Gasteiger partial charge in [0.2, 0.25) is 11.8 Å². The van der Waals surface area contributed by atoms with Gasteiger partial charge in [-0.1, -0.05) is 48.5 Å². The van der Waals surface area contributed by atoms with Gasteiger partial charge in [-0.25, -0.2) is 4.79 Å². The number of piperazine rings is 1. The Hall–Kier alpha value is -3.88. The first kappa shape index (κ1) is 22.3. The highest BCUT2D eigenvalue weighted by atomic mass is 16.5. The number of ether oxygens (including phenoxy) is 1. The Morgan fingerprint density at radius 3 is 2.24 bits per heavy atom. The molecule has 3 amide bonds. The van der Waals surface area contributed by atoms with Crippen molar-refractivity contribution in [1.29, 1.82) is 0 Å². The Bertz CT molecular complexity index is 1060. The zero-order valence-electron chi connectivity index (χ0n) is 18.2. The number of benzene rings is 2. The third-order valence-electron chi connectivity index (χ3n) is 6.08. The van der Waals surface area contributed by atoms with Gasteiger partial charge in [0.15, 0.2) is 0 Å². The van der Waals surface area contributed by atoms with Crippen molar-refractivity contribution < 1.29 is 29.0 Å². The average Bonchev–Trinajstić information content (AvgIpc) is 3.12. The van der Waals surface area contributed by atoms with Gasteiger partial charge in [0.1, 0.15) is 12.6 Å². The van der Waals surface area contributed by atoms with E-state index < -0.39 is 30.4 Å². The van der Waals surface area contributed by atoms with E-state index in [1.165, 1.54) is 9.80 Å². The Morgan fingerprint density at radius 1 is 1.06 bits per heavy atom. The molecule has 1 aliphatic carbocycles. The Labute approximate surface area is 190 Å². The topological polar surface area (TPSA) is 116 Å². The van der Waals surface area contributed by atoms with E-state index >= 15 is 0 Å². The van der Waals surface area contributed by atoms with Crippen molar-refractivity contribution in [2.75, 3.05) is 33.3 Å². The smallest absolute Gasteiger partial charge is 0.407 e. The number of fused-ring (bicyclic) bond motifs is 3. The Kier molecular flexibility index (Phi) is 6.30. The molecule has 2 aromatic rings. The number of carbonyl (C=O) groups excluding carboxylic acids is 3. The van der Waals surface area contributed by atoms with Crippen LogP contribution in [0.15, 0.2) is 48.5 Å². The van der Waals surface area contributed by atoms with E-state index in [0.717, 1.165) is 22.3 Å². The van der Waals surface area contributed by atoms with Crippen LogP contribution in [0.1, 0.15) is 23.5 Å². The summed E-state index contributed by atoms with van der Waals surface area (Å²) in [5.74, 6) is -2.27. The fourth-order valence-electron chi connectivity index (χ4n) is 4.32. The van der Waals surface area contributed by atoms with Crippen LogP contribution in [-0.2, 0) is 19.1 Å². The first-order valence-corrected chi connectivity index (χ1v) is 10.7. The van der Waals surface area contributed by atoms with Crippen molar-refractivity contribution in [2.45, 2.75) is 18.4 Å². The van der Waals surface area contributed by atoms with Crippen LogP contribution in [0.5, 0.6) is 0 Å². The molecule has 0 aromatic heterocycles. The predicted octanol–water partition coefficient (Wildman–Crippen LogP) is 1.67. The van der Waals surface area contributed by atoms with Crippen molar-refractivity contribution in [3.8, 4) is 11.1 Å². The zero-order chi connectivity index (χ0) is 23.5. The summed E-state index contributed by atoms with van der Waals surface area (Å²) in [5.41, 5.74) is 4.25. The monoisotopic (exact) mass is 451 g/mol. The van der Waals surface area contributed by atoms with Crippen LogP contribution in [0.3, 0.4) is 0 Å². The maximum Gasteiger partial charge on any atom is 0.407 e. The van der Waals surface area contributed by atoms with Gasteiger partial charge in [0.05, 0.1) is 13.0 Å². The standard InChI is InChI=1S/C24H25N3O6/c1-26-10-11-27(13-21(26)28)23(31)20(12-22(29)30)25-24(32)33-14-19-17-8-4-2-6-15(17)16-7-3-5-9-18(16)19/h2-9,19-20H,10-14H2,1H3,(H,25,32)(H,29,30). The second-order valence-corrected chi connectivity index (χ2v) is 8.20. The van der Waals surface area contributed by atoms with Gasteiger partial charge in [0, 0.05) is 26.1 Å². The molecule has 1 fully saturated rings. The fourth-order valence-corrected chi connectivity index (χ4v) is 4.32. The molecule has 1 unspecified atom stereocenters. The number of nitrogens with one attached hydrogen (secondary N) is 1. The highest BCUT2D eigenvalue weighted by Gasteiger charge is 2.33. The van der Waals surface area contributed by atoms with Crippen LogP contribution in [0.2, 0.25) is 0 Å². The highest BCUT2D eigenvalue weighted by molar-refractivity contribution is 5.92. The number of carboxylic acids is 1. The minimum atomic E-state index is -1.32. The average molecular weight is 451 g/mol. The fraction of sp³-hybridized carbons (Fsp3) is 0.333. The normalized spacial score (nSPS) is 16.1. The summed E-state index contributed by atoms with van der Waals surface area (Å²) in [7, 11) is 1.63. The largest absolute Gasteiger partial charge is 0.481 e. The number of carbonyl (C=O) groups is 4. The van der Waals surface area contributed by atoms with E-state index in [1.807, 2.05) is 48.5 Å². The highest BCUT2D eigenvalue weighted by Crippen LogP contribution is 2.44. The Balaban J connectivity index is 1.43. The number of rotatable bonds is 6. The summed E-state index contributed by atoms with van der Waals surface area (Å²) in [4.78, 5) is 51.4. The summed E-state index contributed by atoms with van der Waals surface area (Å²) in [6, 6.07) is 14.5. The van der Waals surface area contributed by atoms with Crippen molar-refractivity contribution >= 4 is 23.9 Å². The summed E-state index contributed by atoms with van der Waals surface area (Å²) < 4.78 is 5.44. The molecular formula is C24H25N3O6. The molecular weight excluding hydrogens is 426 g/mol. The first-order chi connectivity index (χ1) is 15.8. The van der Waals surface area contributed by atoms with Crippen LogP contribution in [0.4, 0.5) is 4.79 Å². The van der Waals surface area contributed by atoms with Gasteiger partial charge >= 0.3 is 12.1 Å². The lowest BCUT2D eigenvalue weighted by molar-refractivity contribution is -0.147. The number of alkyl carbamates (subject to hydrolysis) is 1. The number of nitrogens with zero attached hydrogens (tertiary/aromatic N) is 2. The zero-order valence-corrected chi connectivity index (χ0v) is 18.2. The van der Waals surface area contributed by atoms with Crippen LogP contribution in [0, 0.1) is 0 Å². The first-order valence-electron chi connectivity index (χ1n) is 10.7. The lowest BCUT2D eigenvalue weighted by atomic mass is 9.98. The van der Waals surface area contributed by atoms with E-state index in [4.69, 9.17) is 4.74 Å². The molecule has 1 atom stereocenters. The van der Waals surface area contributed by atoms with Crippen LogP contribution < -0.4 is 5.32 Å². The molecule has 9 heteroatoms. The van der Waals surface area contributed by atoms with Crippen LogP contribution >= 0.6 is 0 Å². The second kappa shape index (κ2) is 9.32. The quantitative estimate of drug-likeness (QED) is 0.690. The maximum absolute atomic E-state index is 12.8. The van der Waals surface area contributed by atoms with E-state index in [2.05, 4.69) is 5.32 Å². The third kappa shape index (κ3) is 4.67. The SMILES string of the molecule is CN1CCN(C(=O)C(CC(=O)O)NC(=O)OCC2c3ccccc3-c3ccccc32)CC1=O. The minimum absolute atomic E-state index is 0.0425. The summed E-state index contributed by atoms with van der Waals surface area (Å²) in [6.07, 6.45) is -1.49. The molecule has 0 bridgehead atoms. The number of amides is 3. The number of carboxylic acid groups (broad SMARTS) is 1. The molecule has 33 heavy (non-hydrogen) atoms. The van der Waals surface area contributed by atoms with Crippen LogP contribution in [0.25, 0.3) is 11.1 Å².